The number of hydrogen-bond acceptors (Lipinski definition) is 4. The maximum atomic E-state index is 5.46. The SMILES string of the molecule is CCc1ccc(Nc2ccc(N)nn2)cc1. The first kappa shape index (κ1) is 10.4. The van der Waals surface area contributed by atoms with Crippen molar-refractivity contribution in [2.45, 2.75) is 13.3 Å². The fraction of sp³-hybridized carbons (Fsp3) is 0.167. The molecule has 1 aromatic carbocycles. The minimum atomic E-state index is 0.423. The quantitative estimate of drug-likeness (QED) is 0.823. The van der Waals surface area contributed by atoms with Crippen molar-refractivity contribution in [3.05, 3.63) is 42.0 Å². The second-order valence-electron chi connectivity index (χ2n) is 3.52. The number of benzene rings is 1. The first-order valence-corrected chi connectivity index (χ1v) is 5.23. The van der Waals surface area contributed by atoms with Gasteiger partial charge < -0.3 is 11.1 Å². The van der Waals surface area contributed by atoms with Gasteiger partial charge in [-0.25, -0.2) is 0 Å². The van der Waals surface area contributed by atoms with Gasteiger partial charge in [0.15, 0.2) is 5.82 Å². The minimum absolute atomic E-state index is 0.423. The first-order valence-electron chi connectivity index (χ1n) is 5.23. The fourth-order valence-electron chi connectivity index (χ4n) is 1.38. The first-order chi connectivity index (χ1) is 7.78. The summed E-state index contributed by atoms with van der Waals surface area (Å²) in [5.41, 5.74) is 7.77. The Kier molecular flexibility index (Phi) is 3.00. The van der Waals surface area contributed by atoms with Crippen LogP contribution < -0.4 is 11.1 Å². The molecule has 3 N–H and O–H groups in total. The molecule has 0 aliphatic rings. The van der Waals surface area contributed by atoms with Crippen molar-refractivity contribution in [3.63, 3.8) is 0 Å². The number of rotatable bonds is 3. The largest absolute Gasteiger partial charge is 0.382 e. The van der Waals surface area contributed by atoms with E-state index in [0.29, 0.717) is 11.6 Å². The van der Waals surface area contributed by atoms with Crippen LogP contribution in [-0.4, -0.2) is 10.2 Å². The Labute approximate surface area is 94.5 Å². The molecule has 0 saturated heterocycles. The maximum Gasteiger partial charge on any atom is 0.153 e. The van der Waals surface area contributed by atoms with Crippen molar-refractivity contribution in [3.8, 4) is 0 Å². The third-order valence-electron chi connectivity index (χ3n) is 2.32. The van der Waals surface area contributed by atoms with Crippen molar-refractivity contribution in [1.82, 2.24) is 10.2 Å². The van der Waals surface area contributed by atoms with Crippen LogP contribution in [0.25, 0.3) is 0 Å². The predicted octanol–water partition coefficient (Wildman–Crippen LogP) is 2.36. The van der Waals surface area contributed by atoms with Gasteiger partial charge in [0.2, 0.25) is 0 Å². The average molecular weight is 214 g/mol. The molecule has 0 aliphatic carbocycles. The summed E-state index contributed by atoms with van der Waals surface area (Å²) in [5, 5.41) is 10.9. The Balaban J connectivity index is 2.11. The summed E-state index contributed by atoms with van der Waals surface area (Å²) in [6, 6.07) is 11.7. The Morgan fingerprint density at radius 3 is 2.38 bits per heavy atom. The van der Waals surface area contributed by atoms with Crippen LogP contribution >= 0.6 is 0 Å². The number of nitrogens with zero attached hydrogens (tertiary/aromatic N) is 2. The highest BCUT2D eigenvalue weighted by Crippen LogP contribution is 2.15. The average Bonchev–Trinajstić information content (AvgIpc) is 2.33. The van der Waals surface area contributed by atoms with E-state index in [1.807, 2.05) is 12.1 Å². The molecule has 0 unspecified atom stereocenters. The van der Waals surface area contributed by atoms with Crippen molar-refractivity contribution in [2.75, 3.05) is 11.1 Å². The number of nitrogens with two attached hydrogens (primary N) is 1. The zero-order valence-electron chi connectivity index (χ0n) is 9.14. The van der Waals surface area contributed by atoms with Gasteiger partial charge in [0.05, 0.1) is 0 Å². The van der Waals surface area contributed by atoms with E-state index in [9.17, 15) is 0 Å². The van der Waals surface area contributed by atoms with Crippen LogP contribution in [0.5, 0.6) is 0 Å². The molecule has 0 amide bonds. The molecule has 0 spiro atoms. The number of nitrogen functional groups attached to an aromatic ring is 1. The molecular formula is C12H14N4. The molecule has 0 atom stereocenters. The zero-order chi connectivity index (χ0) is 11.4. The third-order valence-corrected chi connectivity index (χ3v) is 2.32. The van der Waals surface area contributed by atoms with Gasteiger partial charge in [0, 0.05) is 5.69 Å². The highest BCUT2D eigenvalue weighted by molar-refractivity contribution is 5.56. The van der Waals surface area contributed by atoms with Gasteiger partial charge in [-0.2, -0.15) is 0 Å². The van der Waals surface area contributed by atoms with Gasteiger partial charge in [-0.1, -0.05) is 19.1 Å². The summed E-state index contributed by atoms with van der Waals surface area (Å²) >= 11 is 0. The van der Waals surface area contributed by atoms with Gasteiger partial charge >= 0.3 is 0 Å². The van der Waals surface area contributed by atoms with E-state index in [0.717, 1.165) is 12.1 Å². The summed E-state index contributed by atoms with van der Waals surface area (Å²) in [6.07, 6.45) is 1.04. The van der Waals surface area contributed by atoms with Crippen LogP contribution in [-0.2, 0) is 6.42 Å². The van der Waals surface area contributed by atoms with Gasteiger partial charge in [0.25, 0.3) is 0 Å². The molecule has 0 bridgehead atoms. The van der Waals surface area contributed by atoms with Gasteiger partial charge in [-0.3, -0.25) is 0 Å². The molecule has 1 aromatic heterocycles. The van der Waals surface area contributed by atoms with Gasteiger partial charge in [0.1, 0.15) is 5.82 Å². The monoisotopic (exact) mass is 214 g/mol. The lowest BCUT2D eigenvalue weighted by molar-refractivity contribution is 1.05. The molecule has 4 nitrogen and oxygen atoms in total. The van der Waals surface area contributed by atoms with Gasteiger partial charge in [-0.05, 0) is 36.2 Å². The normalized spacial score (nSPS) is 10.1. The highest BCUT2D eigenvalue weighted by atomic mass is 15.2. The minimum Gasteiger partial charge on any atom is -0.382 e. The molecule has 0 fully saturated rings. The number of anilines is 3. The zero-order valence-corrected chi connectivity index (χ0v) is 9.14. The lowest BCUT2D eigenvalue weighted by atomic mass is 10.1. The summed E-state index contributed by atoms with van der Waals surface area (Å²) < 4.78 is 0. The molecule has 0 aliphatic heterocycles. The summed E-state index contributed by atoms with van der Waals surface area (Å²) in [4.78, 5) is 0. The Morgan fingerprint density at radius 1 is 1.06 bits per heavy atom. The van der Waals surface area contributed by atoms with Gasteiger partial charge in [-0.15, -0.1) is 10.2 Å². The van der Waals surface area contributed by atoms with E-state index in [2.05, 4.69) is 34.6 Å². The summed E-state index contributed by atoms with van der Waals surface area (Å²) in [6.45, 7) is 2.13. The number of aryl methyl sites for hydroxylation is 1. The molecule has 16 heavy (non-hydrogen) atoms. The van der Waals surface area contributed by atoms with E-state index in [1.165, 1.54) is 5.56 Å². The van der Waals surface area contributed by atoms with Crippen LogP contribution in [0.3, 0.4) is 0 Å². The van der Waals surface area contributed by atoms with Crippen LogP contribution in [0.1, 0.15) is 12.5 Å². The number of aromatic nitrogens is 2. The standard InChI is InChI=1S/C12H14N4/c1-2-9-3-5-10(6-4-9)14-12-8-7-11(13)15-16-12/h3-8H,2H2,1H3,(H2,13,15)(H,14,16). The topological polar surface area (TPSA) is 63.8 Å². The van der Waals surface area contributed by atoms with E-state index in [1.54, 1.807) is 12.1 Å². The lowest BCUT2D eigenvalue weighted by Crippen LogP contribution is -1.98. The number of hydrogen-bond donors (Lipinski definition) is 2. The number of nitrogens with one attached hydrogen (secondary N) is 1. The van der Waals surface area contributed by atoms with Crippen molar-refractivity contribution in [1.29, 1.82) is 0 Å². The molecule has 2 aromatic rings. The van der Waals surface area contributed by atoms with Crippen LogP contribution in [0, 0.1) is 0 Å². The van der Waals surface area contributed by atoms with E-state index >= 15 is 0 Å². The fourth-order valence-corrected chi connectivity index (χ4v) is 1.38. The molecular weight excluding hydrogens is 200 g/mol. The molecule has 1 heterocycles. The smallest absolute Gasteiger partial charge is 0.153 e. The molecule has 0 saturated carbocycles. The van der Waals surface area contributed by atoms with E-state index in [4.69, 9.17) is 5.73 Å². The molecule has 2 rings (SSSR count). The highest BCUT2D eigenvalue weighted by Gasteiger charge is 1.96. The van der Waals surface area contributed by atoms with E-state index < -0.39 is 0 Å². The Bertz CT molecular complexity index is 447. The summed E-state index contributed by atoms with van der Waals surface area (Å²) in [7, 11) is 0. The van der Waals surface area contributed by atoms with Crippen LogP contribution in [0.15, 0.2) is 36.4 Å². The van der Waals surface area contributed by atoms with E-state index in [-0.39, 0.29) is 0 Å². The lowest BCUT2D eigenvalue weighted by Gasteiger charge is -2.05. The molecule has 82 valence electrons. The molecule has 0 radical (unpaired) electrons. The summed E-state index contributed by atoms with van der Waals surface area (Å²) in [5.74, 6) is 1.12. The molecule has 4 heteroatoms. The Hall–Kier alpha value is -2.10. The predicted molar refractivity (Wildman–Crippen MR) is 65.5 cm³/mol. The van der Waals surface area contributed by atoms with Crippen LogP contribution in [0.2, 0.25) is 0 Å². The maximum absolute atomic E-state index is 5.46. The van der Waals surface area contributed by atoms with Crippen molar-refractivity contribution in [2.24, 2.45) is 0 Å². The second kappa shape index (κ2) is 4.61. The van der Waals surface area contributed by atoms with Crippen molar-refractivity contribution >= 4 is 17.3 Å². The Morgan fingerprint density at radius 2 is 1.81 bits per heavy atom. The second-order valence-corrected chi connectivity index (χ2v) is 3.52. The third kappa shape index (κ3) is 2.48. The van der Waals surface area contributed by atoms with Crippen LogP contribution in [0.4, 0.5) is 17.3 Å². The van der Waals surface area contributed by atoms with Crippen molar-refractivity contribution < 1.29 is 0 Å².